The number of nitrogen functional groups attached to an aromatic ring is 1. The lowest BCUT2D eigenvalue weighted by atomic mass is 9.92. The van der Waals surface area contributed by atoms with Crippen LogP contribution in [0.2, 0.25) is 0 Å². The molecule has 1 aliphatic rings. The SMILES string of the molecule is CCC(CO)CCC(CC(CCc1cc(OC2CCCC2)c(O)cc1-c1ccnc(N)c1)OC(C)=O)OC(C)=O. The Kier molecular flexibility index (Phi) is 12.1. The van der Waals surface area contributed by atoms with Gasteiger partial charge in [0.15, 0.2) is 11.5 Å². The Morgan fingerprint density at radius 2 is 1.73 bits per heavy atom. The summed E-state index contributed by atoms with van der Waals surface area (Å²) in [6.07, 6.45) is 8.30. The second kappa shape index (κ2) is 15.5. The van der Waals surface area contributed by atoms with Crippen molar-refractivity contribution < 1.29 is 34.0 Å². The van der Waals surface area contributed by atoms with Crippen molar-refractivity contribution in [1.29, 1.82) is 0 Å². The van der Waals surface area contributed by atoms with Crippen LogP contribution in [0.5, 0.6) is 11.5 Å². The number of esters is 2. The molecule has 1 aromatic carbocycles. The number of aromatic hydroxyl groups is 1. The Labute approximate surface area is 237 Å². The second-order valence-electron chi connectivity index (χ2n) is 10.7. The van der Waals surface area contributed by atoms with Gasteiger partial charge in [-0.05, 0) is 98.2 Å². The molecule has 9 heteroatoms. The molecule has 0 saturated heterocycles. The molecule has 1 heterocycles. The smallest absolute Gasteiger partial charge is 0.302 e. The highest BCUT2D eigenvalue weighted by Crippen LogP contribution is 2.38. The van der Waals surface area contributed by atoms with E-state index in [1.54, 1.807) is 18.3 Å². The lowest BCUT2D eigenvalue weighted by Crippen LogP contribution is -2.27. The molecule has 0 radical (unpaired) electrons. The number of hydrogen-bond donors (Lipinski definition) is 3. The fraction of sp³-hybridized carbons (Fsp3) is 0.581. The van der Waals surface area contributed by atoms with Gasteiger partial charge in [-0.1, -0.05) is 13.3 Å². The number of rotatable bonds is 15. The van der Waals surface area contributed by atoms with E-state index in [9.17, 15) is 19.8 Å². The largest absolute Gasteiger partial charge is 0.504 e. The number of carbonyl (C=O) groups is 2. The zero-order valence-corrected chi connectivity index (χ0v) is 23.9. The number of benzene rings is 1. The number of nitrogens with zero attached hydrogens (tertiary/aromatic N) is 1. The number of aliphatic hydroxyl groups is 1. The number of carbonyl (C=O) groups excluding carboxylic acids is 2. The maximum Gasteiger partial charge on any atom is 0.302 e. The van der Waals surface area contributed by atoms with Crippen molar-refractivity contribution in [1.82, 2.24) is 4.98 Å². The molecule has 0 spiro atoms. The first kappa shape index (κ1) is 31.2. The van der Waals surface area contributed by atoms with Crippen LogP contribution in [0.3, 0.4) is 0 Å². The number of aliphatic hydroxyl groups excluding tert-OH is 1. The summed E-state index contributed by atoms with van der Waals surface area (Å²) >= 11 is 0. The number of aromatic nitrogens is 1. The van der Waals surface area contributed by atoms with Crippen LogP contribution < -0.4 is 10.5 Å². The van der Waals surface area contributed by atoms with Crippen molar-refractivity contribution in [2.24, 2.45) is 5.92 Å². The number of anilines is 1. The summed E-state index contributed by atoms with van der Waals surface area (Å²) in [4.78, 5) is 27.9. The predicted octanol–water partition coefficient (Wildman–Crippen LogP) is 5.34. The average Bonchev–Trinajstić information content (AvgIpc) is 3.41. The Morgan fingerprint density at radius 1 is 1.05 bits per heavy atom. The molecule has 1 saturated carbocycles. The molecule has 3 rings (SSSR count). The molecule has 3 unspecified atom stereocenters. The second-order valence-corrected chi connectivity index (χ2v) is 10.7. The number of aryl methyl sites for hydroxylation is 1. The first-order valence-electron chi connectivity index (χ1n) is 14.4. The van der Waals surface area contributed by atoms with Crippen molar-refractivity contribution in [2.75, 3.05) is 12.3 Å². The zero-order chi connectivity index (χ0) is 29.1. The fourth-order valence-corrected chi connectivity index (χ4v) is 5.36. The monoisotopic (exact) mass is 556 g/mol. The van der Waals surface area contributed by atoms with Gasteiger partial charge in [0.1, 0.15) is 18.0 Å². The summed E-state index contributed by atoms with van der Waals surface area (Å²) in [6.45, 7) is 4.82. The maximum absolute atomic E-state index is 12.0. The van der Waals surface area contributed by atoms with E-state index in [2.05, 4.69) is 4.98 Å². The van der Waals surface area contributed by atoms with Gasteiger partial charge in [-0.15, -0.1) is 0 Å². The van der Waals surface area contributed by atoms with Crippen LogP contribution in [-0.4, -0.2) is 52.1 Å². The van der Waals surface area contributed by atoms with Gasteiger partial charge in [-0.3, -0.25) is 9.59 Å². The van der Waals surface area contributed by atoms with E-state index < -0.39 is 24.1 Å². The highest BCUT2D eigenvalue weighted by molar-refractivity contribution is 5.72. The van der Waals surface area contributed by atoms with E-state index >= 15 is 0 Å². The fourth-order valence-electron chi connectivity index (χ4n) is 5.36. The van der Waals surface area contributed by atoms with Gasteiger partial charge in [0.2, 0.25) is 0 Å². The summed E-state index contributed by atoms with van der Waals surface area (Å²) < 4.78 is 17.4. The minimum Gasteiger partial charge on any atom is -0.504 e. The topological polar surface area (TPSA) is 141 Å². The van der Waals surface area contributed by atoms with E-state index in [1.807, 2.05) is 19.1 Å². The van der Waals surface area contributed by atoms with Crippen LogP contribution in [0.4, 0.5) is 5.82 Å². The van der Waals surface area contributed by atoms with E-state index in [0.717, 1.165) is 48.8 Å². The predicted molar refractivity (Wildman–Crippen MR) is 153 cm³/mol. The minimum atomic E-state index is -0.501. The van der Waals surface area contributed by atoms with Crippen LogP contribution in [0, 0.1) is 5.92 Å². The highest BCUT2D eigenvalue weighted by atomic mass is 16.6. The highest BCUT2D eigenvalue weighted by Gasteiger charge is 2.24. The lowest BCUT2D eigenvalue weighted by molar-refractivity contribution is -0.153. The first-order valence-corrected chi connectivity index (χ1v) is 14.4. The number of ether oxygens (including phenoxy) is 3. The van der Waals surface area contributed by atoms with Crippen molar-refractivity contribution in [3.63, 3.8) is 0 Å². The summed E-state index contributed by atoms with van der Waals surface area (Å²) in [6, 6.07) is 7.14. The van der Waals surface area contributed by atoms with Crippen molar-refractivity contribution >= 4 is 17.8 Å². The van der Waals surface area contributed by atoms with Crippen molar-refractivity contribution in [3.8, 4) is 22.6 Å². The normalized spacial score (nSPS) is 15.8. The summed E-state index contributed by atoms with van der Waals surface area (Å²) in [7, 11) is 0. The molecule has 1 fully saturated rings. The average molecular weight is 557 g/mol. The Balaban J connectivity index is 1.85. The van der Waals surface area contributed by atoms with E-state index in [1.165, 1.54) is 13.8 Å². The molecule has 220 valence electrons. The van der Waals surface area contributed by atoms with Crippen molar-refractivity contribution in [2.45, 2.75) is 103 Å². The van der Waals surface area contributed by atoms with Crippen LogP contribution in [0.1, 0.15) is 84.1 Å². The molecule has 2 aromatic rings. The molecule has 1 aromatic heterocycles. The summed E-state index contributed by atoms with van der Waals surface area (Å²) in [5, 5.41) is 20.4. The molecular weight excluding hydrogens is 512 g/mol. The summed E-state index contributed by atoms with van der Waals surface area (Å²) in [5.74, 6) is 0.172. The molecular formula is C31H44N2O7. The Morgan fingerprint density at radius 3 is 2.33 bits per heavy atom. The van der Waals surface area contributed by atoms with Crippen LogP contribution in [0.15, 0.2) is 30.5 Å². The number of hydrogen-bond acceptors (Lipinski definition) is 9. The molecule has 0 bridgehead atoms. The van der Waals surface area contributed by atoms with Crippen LogP contribution in [-0.2, 0) is 25.5 Å². The van der Waals surface area contributed by atoms with Gasteiger partial charge in [0.25, 0.3) is 0 Å². The van der Waals surface area contributed by atoms with Gasteiger partial charge in [-0.25, -0.2) is 4.98 Å². The molecule has 0 aliphatic heterocycles. The summed E-state index contributed by atoms with van der Waals surface area (Å²) in [5.41, 5.74) is 8.45. The van der Waals surface area contributed by atoms with Gasteiger partial charge in [0, 0.05) is 33.1 Å². The first-order chi connectivity index (χ1) is 19.2. The third kappa shape index (κ3) is 9.70. The molecule has 3 atom stereocenters. The zero-order valence-electron chi connectivity index (χ0n) is 23.9. The number of pyridine rings is 1. The molecule has 4 N–H and O–H groups in total. The lowest BCUT2D eigenvalue weighted by Gasteiger charge is -2.25. The van der Waals surface area contributed by atoms with Gasteiger partial charge < -0.3 is 30.2 Å². The maximum atomic E-state index is 12.0. The molecule has 9 nitrogen and oxygen atoms in total. The van der Waals surface area contributed by atoms with Crippen LogP contribution >= 0.6 is 0 Å². The Hall–Kier alpha value is -3.33. The quantitative estimate of drug-likeness (QED) is 0.248. The van der Waals surface area contributed by atoms with Gasteiger partial charge in [0.05, 0.1) is 6.10 Å². The molecule has 40 heavy (non-hydrogen) atoms. The van der Waals surface area contributed by atoms with E-state index in [4.69, 9.17) is 19.9 Å². The number of nitrogens with two attached hydrogens (primary N) is 1. The third-order valence-electron chi connectivity index (χ3n) is 7.53. The van der Waals surface area contributed by atoms with Crippen molar-refractivity contribution in [3.05, 3.63) is 36.0 Å². The Bertz CT molecular complexity index is 1110. The van der Waals surface area contributed by atoms with E-state index in [0.29, 0.717) is 43.7 Å². The molecule has 0 amide bonds. The standard InChI is InChI=1S/C31H44N2O7/c1-4-22(19-34)9-11-26(38-20(2)35)17-27(39-21(3)36)12-10-23-15-30(40-25-7-5-6-8-25)29(37)18-28(23)24-13-14-33-31(32)16-24/h13-16,18,22,25-27,34,37H,4-12,17,19H2,1-3H3,(H2,32,33). The molecule has 1 aliphatic carbocycles. The number of phenolic OH excluding ortho intramolecular Hbond substituents is 1. The minimum absolute atomic E-state index is 0.0573. The van der Waals surface area contributed by atoms with Gasteiger partial charge in [-0.2, -0.15) is 0 Å². The van der Waals surface area contributed by atoms with Crippen LogP contribution in [0.25, 0.3) is 11.1 Å². The number of phenols is 1. The van der Waals surface area contributed by atoms with E-state index in [-0.39, 0.29) is 24.4 Å². The third-order valence-corrected chi connectivity index (χ3v) is 7.53. The van der Waals surface area contributed by atoms with Gasteiger partial charge >= 0.3 is 11.9 Å².